The molecule has 0 saturated carbocycles. The maximum Gasteiger partial charge on any atom is 0.267 e. The zero-order valence-electron chi connectivity index (χ0n) is 19.3. The van der Waals surface area contributed by atoms with Gasteiger partial charge in [0.2, 0.25) is 0 Å². The van der Waals surface area contributed by atoms with E-state index in [9.17, 15) is 9.59 Å². The van der Waals surface area contributed by atoms with Gasteiger partial charge in [-0.15, -0.1) is 0 Å². The van der Waals surface area contributed by atoms with Crippen molar-refractivity contribution in [2.24, 2.45) is 17.8 Å². The Bertz CT molecular complexity index is 1160. The first-order valence-electron chi connectivity index (χ1n) is 11.2. The maximum absolute atomic E-state index is 13.6. The number of aromatic nitrogens is 2. The van der Waals surface area contributed by atoms with Crippen LogP contribution in [0.2, 0.25) is 0 Å². The van der Waals surface area contributed by atoms with E-state index in [1.165, 1.54) is 11.8 Å². The van der Waals surface area contributed by atoms with Gasteiger partial charge in [-0.2, -0.15) is 0 Å². The Morgan fingerprint density at radius 1 is 1.25 bits per heavy atom. The van der Waals surface area contributed by atoms with Gasteiger partial charge >= 0.3 is 0 Å². The Balaban J connectivity index is 1.87. The topological polar surface area (TPSA) is 57.9 Å². The predicted octanol–water partition coefficient (Wildman–Crippen LogP) is 4.34. The van der Waals surface area contributed by atoms with Gasteiger partial charge in [-0.3, -0.25) is 18.9 Å². The number of hydrogen-bond donors (Lipinski definition) is 0. The molecule has 2 aromatic rings. The second-order valence-electron chi connectivity index (χ2n) is 9.58. The number of fused-ring (bicyclic) bond motifs is 1. The first kappa shape index (κ1) is 23.0. The monoisotopic (exact) mass is 470 g/mol. The number of rotatable bonds is 4. The van der Waals surface area contributed by atoms with E-state index in [1.54, 1.807) is 21.6 Å². The fraction of sp³-hybridized carbons (Fsp3) is 0.500. The zero-order chi connectivity index (χ0) is 23.2. The van der Waals surface area contributed by atoms with Crippen LogP contribution in [-0.2, 0) is 4.79 Å². The summed E-state index contributed by atoms with van der Waals surface area (Å²) in [6.07, 6.45) is 4.61. The fourth-order valence-corrected chi connectivity index (χ4v) is 5.91. The van der Waals surface area contributed by atoms with Crippen LogP contribution in [0.3, 0.4) is 0 Å². The highest BCUT2D eigenvalue weighted by Gasteiger charge is 2.34. The van der Waals surface area contributed by atoms with E-state index in [0.717, 1.165) is 25.1 Å². The number of carbonyl (C=O) groups is 1. The summed E-state index contributed by atoms with van der Waals surface area (Å²) in [5.74, 6) is 1.85. The smallest absolute Gasteiger partial charge is 0.267 e. The lowest BCUT2D eigenvalue weighted by Crippen LogP contribution is -2.40. The van der Waals surface area contributed by atoms with Crippen molar-refractivity contribution in [1.29, 1.82) is 0 Å². The molecule has 170 valence electrons. The Morgan fingerprint density at radius 3 is 2.59 bits per heavy atom. The van der Waals surface area contributed by atoms with Crippen LogP contribution in [0, 0.1) is 24.7 Å². The van der Waals surface area contributed by atoms with Crippen LogP contribution in [-0.4, -0.2) is 44.1 Å². The number of nitrogens with zero attached hydrogens (tertiary/aromatic N) is 4. The Morgan fingerprint density at radius 2 is 1.94 bits per heavy atom. The van der Waals surface area contributed by atoms with Crippen molar-refractivity contribution < 1.29 is 4.79 Å². The second kappa shape index (κ2) is 8.98. The number of carbonyl (C=O) groups excluding carboxylic acids is 1. The molecule has 4 heterocycles. The van der Waals surface area contributed by atoms with Crippen molar-refractivity contribution in [2.75, 3.05) is 24.5 Å². The van der Waals surface area contributed by atoms with E-state index >= 15 is 0 Å². The number of hydrogen-bond acceptors (Lipinski definition) is 6. The average Bonchev–Trinajstić information content (AvgIpc) is 2.96. The summed E-state index contributed by atoms with van der Waals surface area (Å²) in [6.45, 7) is 12.8. The van der Waals surface area contributed by atoms with Crippen LogP contribution in [0.5, 0.6) is 0 Å². The quantitative estimate of drug-likeness (QED) is 0.489. The lowest BCUT2D eigenvalue weighted by molar-refractivity contribution is -0.122. The molecule has 6 nitrogen and oxygen atoms in total. The molecule has 0 bridgehead atoms. The molecule has 1 amide bonds. The van der Waals surface area contributed by atoms with E-state index in [0.29, 0.717) is 50.6 Å². The highest BCUT2D eigenvalue weighted by atomic mass is 32.2. The third-order valence-corrected chi connectivity index (χ3v) is 7.31. The molecule has 2 atom stereocenters. The summed E-state index contributed by atoms with van der Waals surface area (Å²) in [7, 11) is 0. The third kappa shape index (κ3) is 4.35. The van der Waals surface area contributed by atoms with Crippen LogP contribution in [0.4, 0.5) is 5.82 Å². The van der Waals surface area contributed by atoms with Gasteiger partial charge in [0, 0.05) is 25.8 Å². The van der Waals surface area contributed by atoms with Gasteiger partial charge in [-0.25, -0.2) is 4.98 Å². The lowest BCUT2D eigenvalue weighted by Gasteiger charge is -2.36. The maximum atomic E-state index is 13.6. The van der Waals surface area contributed by atoms with Crippen molar-refractivity contribution >= 4 is 51.7 Å². The molecule has 0 aromatic carbocycles. The Hall–Kier alpha value is -2.19. The zero-order valence-corrected chi connectivity index (χ0v) is 20.9. The van der Waals surface area contributed by atoms with Gasteiger partial charge in [0.25, 0.3) is 11.5 Å². The molecular formula is C24H30N4O2S2. The molecule has 2 aliphatic rings. The van der Waals surface area contributed by atoms with Crippen molar-refractivity contribution in [3.8, 4) is 0 Å². The molecule has 32 heavy (non-hydrogen) atoms. The fourth-order valence-electron chi connectivity index (χ4n) is 4.66. The average molecular weight is 471 g/mol. The highest BCUT2D eigenvalue weighted by Crippen LogP contribution is 2.35. The van der Waals surface area contributed by atoms with E-state index in [4.69, 9.17) is 17.2 Å². The van der Waals surface area contributed by atoms with Gasteiger partial charge in [0.15, 0.2) is 0 Å². The number of aryl methyl sites for hydroxylation is 1. The van der Waals surface area contributed by atoms with Crippen molar-refractivity contribution in [3.63, 3.8) is 0 Å². The minimum Gasteiger partial charge on any atom is -0.355 e. The van der Waals surface area contributed by atoms with Crippen LogP contribution in [0.1, 0.15) is 45.2 Å². The number of piperidine rings is 1. The van der Waals surface area contributed by atoms with Crippen LogP contribution in [0.25, 0.3) is 11.7 Å². The summed E-state index contributed by atoms with van der Waals surface area (Å²) >= 11 is 6.73. The van der Waals surface area contributed by atoms with Crippen molar-refractivity contribution in [2.45, 2.75) is 41.0 Å². The number of amides is 1. The molecule has 2 fully saturated rings. The van der Waals surface area contributed by atoms with Gasteiger partial charge in [-0.1, -0.05) is 57.7 Å². The molecule has 2 aromatic heterocycles. The molecule has 0 radical (unpaired) electrons. The largest absolute Gasteiger partial charge is 0.355 e. The van der Waals surface area contributed by atoms with E-state index in [2.05, 4.69) is 32.6 Å². The summed E-state index contributed by atoms with van der Waals surface area (Å²) < 4.78 is 2.12. The van der Waals surface area contributed by atoms with Gasteiger partial charge in [-0.05, 0) is 48.8 Å². The first-order valence-corrected chi connectivity index (χ1v) is 12.4. The summed E-state index contributed by atoms with van der Waals surface area (Å²) in [5, 5.41) is 0. The van der Waals surface area contributed by atoms with Crippen LogP contribution < -0.4 is 10.5 Å². The molecule has 0 N–H and O–H groups in total. The number of thiocarbonyl (C=S) groups is 1. The summed E-state index contributed by atoms with van der Waals surface area (Å²) in [5.41, 5.74) is 1.90. The van der Waals surface area contributed by atoms with Gasteiger partial charge in [0.1, 0.15) is 15.8 Å². The second-order valence-corrected chi connectivity index (χ2v) is 11.3. The predicted molar refractivity (Wildman–Crippen MR) is 136 cm³/mol. The standard InChI is InChI=1S/C24H30N4O2S2/c1-14(2)11-28-23(30)19(32-24(28)31)10-18-21(26-12-15(3)9-16(4)13-26)25-20-17(5)7-6-8-27(20)22(18)29/h6-8,10,14-16H,9,11-13H2,1-5H3/b19-10+/t15-,16-/m1/s1. The Labute approximate surface area is 198 Å². The lowest BCUT2D eigenvalue weighted by atomic mass is 9.91. The third-order valence-electron chi connectivity index (χ3n) is 5.93. The molecule has 2 saturated heterocycles. The van der Waals surface area contributed by atoms with Gasteiger partial charge < -0.3 is 4.90 Å². The normalized spacial score (nSPS) is 23.2. The number of pyridine rings is 1. The highest BCUT2D eigenvalue weighted by molar-refractivity contribution is 8.26. The molecule has 0 spiro atoms. The summed E-state index contributed by atoms with van der Waals surface area (Å²) in [4.78, 5) is 36.0. The minimum atomic E-state index is -0.159. The Kier molecular flexibility index (Phi) is 6.45. The molecule has 8 heteroatoms. The summed E-state index contributed by atoms with van der Waals surface area (Å²) in [6, 6.07) is 3.81. The molecular weight excluding hydrogens is 440 g/mol. The molecule has 2 aliphatic heterocycles. The first-order chi connectivity index (χ1) is 15.2. The van der Waals surface area contributed by atoms with Crippen LogP contribution in [0.15, 0.2) is 28.0 Å². The molecule has 0 unspecified atom stereocenters. The molecule has 4 rings (SSSR count). The number of thioether (sulfide) groups is 1. The number of anilines is 1. The molecule has 0 aliphatic carbocycles. The van der Waals surface area contributed by atoms with E-state index in [1.807, 2.05) is 19.1 Å². The van der Waals surface area contributed by atoms with E-state index in [-0.39, 0.29) is 11.5 Å². The van der Waals surface area contributed by atoms with Crippen LogP contribution >= 0.6 is 24.0 Å². The van der Waals surface area contributed by atoms with Gasteiger partial charge in [0.05, 0.1) is 10.5 Å². The SMILES string of the molecule is Cc1cccn2c(=O)c(/C=C3/SC(=S)N(CC(C)C)C3=O)c(N3C[C@H](C)C[C@@H](C)C3)nc12. The van der Waals surface area contributed by atoms with Crippen molar-refractivity contribution in [1.82, 2.24) is 14.3 Å². The van der Waals surface area contributed by atoms with E-state index < -0.39 is 0 Å². The minimum absolute atomic E-state index is 0.131. The van der Waals surface area contributed by atoms with Crippen molar-refractivity contribution in [3.05, 3.63) is 44.7 Å².